The molecule has 2 aliphatic rings. The van der Waals surface area contributed by atoms with Gasteiger partial charge < -0.3 is 0 Å². The van der Waals surface area contributed by atoms with Crippen LogP contribution in [0.15, 0.2) is 35.9 Å². The monoisotopic (exact) mass is 170 g/mol. The largest absolute Gasteiger partial charge is 0.0655 e. The molecular weight excluding hydrogens is 156 g/mol. The van der Waals surface area contributed by atoms with Gasteiger partial charge in [-0.15, -0.1) is 0 Å². The van der Waals surface area contributed by atoms with Crippen LogP contribution in [-0.4, -0.2) is 0 Å². The summed E-state index contributed by atoms with van der Waals surface area (Å²) < 4.78 is 0. The molecule has 0 radical (unpaired) electrons. The molecular formula is C13H14. The Labute approximate surface area is 79.3 Å². The lowest BCUT2D eigenvalue weighted by molar-refractivity contribution is 1.14. The van der Waals surface area contributed by atoms with Crippen molar-refractivity contribution in [2.45, 2.75) is 25.7 Å². The third kappa shape index (κ3) is 1.41. The normalized spacial score (nSPS) is 20.2. The van der Waals surface area contributed by atoms with Gasteiger partial charge in [-0.25, -0.2) is 0 Å². The van der Waals surface area contributed by atoms with Gasteiger partial charge in [0.05, 0.1) is 0 Å². The number of hydrogen-bond donors (Lipinski definition) is 0. The van der Waals surface area contributed by atoms with E-state index in [0.29, 0.717) is 0 Å². The third-order valence-corrected chi connectivity index (χ3v) is 2.95. The standard InChI is InChI=1S/C13H14/c1-2-4-10(5-3-1)13(11-6-7-11)12-8-9-12/h1-5,11H,6-9H2. The maximum atomic E-state index is 2.26. The van der Waals surface area contributed by atoms with Crippen molar-refractivity contribution < 1.29 is 0 Å². The fourth-order valence-corrected chi connectivity index (χ4v) is 2.05. The first-order valence-corrected chi connectivity index (χ1v) is 5.22. The minimum absolute atomic E-state index is 0.917. The maximum Gasteiger partial charge on any atom is -0.0156 e. The van der Waals surface area contributed by atoms with Crippen molar-refractivity contribution in [2.24, 2.45) is 5.92 Å². The summed E-state index contributed by atoms with van der Waals surface area (Å²) in [5.74, 6) is 0.917. The van der Waals surface area contributed by atoms with Crippen LogP contribution in [0.2, 0.25) is 0 Å². The average Bonchev–Trinajstić information content (AvgIpc) is 3.00. The molecule has 2 saturated carbocycles. The molecule has 2 aliphatic carbocycles. The predicted molar refractivity (Wildman–Crippen MR) is 55.3 cm³/mol. The molecule has 3 rings (SSSR count). The first-order chi connectivity index (χ1) is 6.45. The molecule has 66 valence electrons. The third-order valence-electron chi connectivity index (χ3n) is 2.95. The van der Waals surface area contributed by atoms with Gasteiger partial charge in [-0.1, -0.05) is 35.9 Å². The van der Waals surface area contributed by atoms with E-state index < -0.39 is 0 Å². The van der Waals surface area contributed by atoms with E-state index in [9.17, 15) is 0 Å². The van der Waals surface area contributed by atoms with E-state index in [1.54, 1.807) is 11.1 Å². The smallest absolute Gasteiger partial charge is 0.0156 e. The molecule has 0 heteroatoms. The number of rotatable bonds is 2. The van der Waals surface area contributed by atoms with Crippen LogP contribution in [0.4, 0.5) is 0 Å². The fraction of sp³-hybridized carbons (Fsp3) is 0.385. The van der Waals surface area contributed by atoms with Gasteiger partial charge >= 0.3 is 0 Å². The molecule has 0 nitrogen and oxygen atoms in total. The van der Waals surface area contributed by atoms with Crippen molar-refractivity contribution in [3.05, 3.63) is 41.5 Å². The molecule has 1 aromatic carbocycles. The topological polar surface area (TPSA) is 0 Å². The lowest BCUT2D eigenvalue weighted by Gasteiger charge is -2.04. The lowest BCUT2D eigenvalue weighted by atomic mass is 10.0. The van der Waals surface area contributed by atoms with Crippen LogP contribution in [0, 0.1) is 5.92 Å². The van der Waals surface area contributed by atoms with Gasteiger partial charge in [0.1, 0.15) is 0 Å². The quantitative estimate of drug-likeness (QED) is 0.635. The summed E-state index contributed by atoms with van der Waals surface area (Å²) in [5.41, 5.74) is 4.91. The zero-order chi connectivity index (χ0) is 8.67. The molecule has 0 heterocycles. The van der Waals surface area contributed by atoms with Crippen LogP contribution in [0.25, 0.3) is 5.57 Å². The van der Waals surface area contributed by atoms with Crippen molar-refractivity contribution in [3.8, 4) is 0 Å². The molecule has 2 fully saturated rings. The summed E-state index contributed by atoms with van der Waals surface area (Å²) in [4.78, 5) is 0. The maximum absolute atomic E-state index is 2.26. The molecule has 0 aliphatic heterocycles. The van der Waals surface area contributed by atoms with Crippen LogP contribution in [-0.2, 0) is 0 Å². The summed E-state index contributed by atoms with van der Waals surface area (Å²) in [6.45, 7) is 0. The van der Waals surface area contributed by atoms with E-state index in [1.165, 1.54) is 31.2 Å². The Balaban J connectivity index is 2.02. The minimum Gasteiger partial charge on any atom is -0.0655 e. The van der Waals surface area contributed by atoms with Crippen molar-refractivity contribution in [1.29, 1.82) is 0 Å². The summed E-state index contributed by atoms with van der Waals surface area (Å²) >= 11 is 0. The Morgan fingerprint density at radius 2 is 1.69 bits per heavy atom. The van der Waals surface area contributed by atoms with Crippen molar-refractivity contribution in [3.63, 3.8) is 0 Å². The highest BCUT2D eigenvalue weighted by molar-refractivity contribution is 5.74. The van der Waals surface area contributed by atoms with Gasteiger partial charge in [-0.05, 0) is 42.7 Å². The van der Waals surface area contributed by atoms with E-state index in [4.69, 9.17) is 0 Å². The van der Waals surface area contributed by atoms with Crippen molar-refractivity contribution in [2.75, 3.05) is 0 Å². The molecule has 0 unspecified atom stereocenters. The highest BCUT2D eigenvalue weighted by atomic mass is 14.4. The molecule has 0 aromatic heterocycles. The zero-order valence-corrected chi connectivity index (χ0v) is 7.79. The first kappa shape index (κ1) is 7.37. The molecule has 0 amide bonds. The Morgan fingerprint density at radius 1 is 1.00 bits per heavy atom. The predicted octanol–water partition coefficient (Wildman–Crippen LogP) is 3.64. The summed E-state index contributed by atoms with van der Waals surface area (Å²) in [5, 5.41) is 0. The Morgan fingerprint density at radius 3 is 2.23 bits per heavy atom. The van der Waals surface area contributed by atoms with Crippen LogP contribution in [0.3, 0.4) is 0 Å². The van der Waals surface area contributed by atoms with Crippen molar-refractivity contribution in [1.82, 2.24) is 0 Å². The van der Waals surface area contributed by atoms with E-state index in [0.717, 1.165) is 5.92 Å². The van der Waals surface area contributed by atoms with Crippen molar-refractivity contribution >= 4 is 5.57 Å². The minimum atomic E-state index is 0.917. The van der Waals surface area contributed by atoms with Gasteiger partial charge in [-0.2, -0.15) is 0 Å². The summed E-state index contributed by atoms with van der Waals surface area (Å²) in [7, 11) is 0. The second-order valence-corrected chi connectivity index (χ2v) is 4.16. The van der Waals surface area contributed by atoms with E-state index in [-0.39, 0.29) is 0 Å². The molecule has 0 spiro atoms. The van der Waals surface area contributed by atoms with Gasteiger partial charge in [0.2, 0.25) is 0 Å². The van der Waals surface area contributed by atoms with Crippen LogP contribution in [0.5, 0.6) is 0 Å². The number of benzene rings is 1. The van der Waals surface area contributed by atoms with Gasteiger partial charge in [0.15, 0.2) is 0 Å². The fourth-order valence-electron chi connectivity index (χ4n) is 2.05. The number of hydrogen-bond acceptors (Lipinski definition) is 0. The van der Waals surface area contributed by atoms with Gasteiger partial charge in [0, 0.05) is 0 Å². The van der Waals surface area contributed by atoms with E-state index in [2.05, 4.69) is 30.3 Å². The van der Waals surface area contributed by atoms with Gasteiger partial charge in [-0.3, -0.25) is 0 Å². The van der Waals surface area contributed by atoms with Crippen LogP contribution in [0.1, 0.15) is 31.2 Å². The summed E-state index contributed by atoms with van der Waals surface area (Å²) in [6.07, 6.45) is 5.57. The second kappa shape index (κ2) is 2.73. The first-order valence-electron chi connectivity index (χ1n) is 5.22. The molecule has 0 saturated heterocycles. The number of allylic oxidation sites excluding steroid dienone is 2. The molecule has 13 heavy (non-hydrogen) atoms. The molecule has 1 aromatic rings. The molecule has 0 atom stereocenters. The Kier molecular flexibility index (Phi) is 1.55. The Hall–Kier alpha value is -1.04. The summed E-state index contributed by atoms with van der Waals surface area (Å²) in [6, 6.07) is 10.9. The second-order valence-electron chi connectivity index (χ2n) is 4.16. The van der Waals surface area contributed by atoms with Gasteiger partial charge in [0.25, 0.3) is 0 Å². The van der Waals surface area contributed by atoms with Crippen LogP contribution < -0.4 is 0 Å². The highest BCUT2D eigenvalue weighted by Gasteiger charge is 2.32. The van der Waals surface area contributed by atoms with E-state index in [1.807, 2.05) is 0 Å². The average molecular weight is 170 g/mol. The molecule has 0 N–H and O–H groups in total. The zero-order valence-electron chi connectivity index (χ0n) is 7.79. The SMILES string of the molecule is c1ccc(C(=C2CC2)C2CC2)cc1. The lowest BCUT2D eigenvalue weighted by Crippen LogP contribution is -1.85. The van der Waals surface area contributed by atoms with Crippen LogP contribution >= 0.6 is 0 Å². The highest BCUT2D eigenvalue weighted by Crippen LogP contribution is 2.49. The molecule has 0 bridgehead atoms. The Bertz CT molecular complexity index is 336. The van der Waals surface area contributed by atoms with E-state index >= 15 is 0 Å².